The van der Waals surface area contributed by atoms with Crippen LogP contribution in [0.5, 0.6) is 0 Å². The number of nitrogens with two attached hydrogens (primary N) is 1. The Morgan fingerprint density at radius 2 is 1.93 bits per heavy atom. The van der Waals surface area contributed by atoms with Gasteiger partial charge >= 0.3 is 0 Å². The Kier molecular flexibility index (Phi) is 4.92. The molecule has 0 atom stereocenters. The number of anilines is 2. The lowest BCUT2D eigenvalue weighted by atomic mass is 10.1. The first kappa shape index (κ1) is 18.3. The van der Waals surface area contributed by atoms with Crippen molar-refractivity contribution < 1.29 is 9.52 Å². The summed E-state index contributed by atoms with van der Waals surface area (Å²) in [5.41, 5.74) is 11.2. The van der Waals surface area contributed by atoms with Gasteiger partial charge in [-0.25, -0.2) is 0 Å². The molecule has 1 aliphatic carbocycles. The predicted octanol–water partition coefficient (Wildman–Crippen LogP) is 3.90. The molecule has 0 fully saturated rings. The summed E-state index contributed by atoms with van der Waals surface area (Å²) < 4.78 is 1.04. The minimum absolute atomic E-state index is 0.218. The van der Waals surface area contributed by atoms with Crippen LogP contribution in [0.2, 0.25) is 5.02 Å². The number of hydrogen-bond donors (Lipinski definition) is 2. The second kappa shape index (κ2) is 7.52. The standard InChI is InChI=1S/C22H20ClN3O2/c23-16-4-1-3-15(12-16)21-13-19(18-5-2-6-20(18)26(21)28)25-17-9-7-14(8-10-17)11-22(24)27/h1,3-4,7-10,12-13,25H,2,5-6,11H2,(H2,24,27). The summed E-state index contributed by atoms with van der Waals surface area (Å²) in [7, 11) is 0. The SMILES string of the molecule is NC(=O)Cc1ccc(Nc2cc(-c3cccc(Cl)c3)[n+]([O-])c3c2CCC3)cc1. The Balaban J connectivity index is 1.72. The summed E-state index contributed by atoms with van der Waals surface area (Å²) in [6, 6.07) is 16.8. The largest absolute Gasteiger partial charge is 0.618 e. The number of pyridine rings is 1. The van der Waals surface area contributed by atoms with E-state index in [-0.39, 0.29) is 12.3 Å². The monoisotopic (exact) mass is 393 g/mol. The van der Waals surface area contributed by atoms with Crippen molar-refractivity contribution in [2.24, 2.45) is 5.73 Å². The lowest BCUT2D eigenvalue weighted by molar-refractivity contribution is -0.602. The zero-order valence-electron chi connectivity index (χ0n) is 15.2. The molecular formula is C22H20ClN3O2. The van der Waals surface area contributed by atoms with Crippen LogP contribution in [0.25, 0.3) is 11.3 Å². The fraction of sp³-hybridized carbons (Fsp3) is 0.182. The van der Waals surface area contributed by atoms with Crippen molar-refractivity contribution in [3.63, 3.8) is 0 Å². The van der Waals surface area contributed by atoms with Crippen LogP contribution in [0, 0.1) is 5.21 Å². The van der Waals surface area contributed by atoms with Gasteiger partial charge in [0, 0.05) is 34.3 Å². The number of primary amides is 1. The molecule has 28 heavy (non-hydrogen) atoms. The molecule has 0 spiro atoms. The van der Waals surface area contributed by atoms with E-state index in [1.165, 1.54) is 0 Å². The topological polar surface area (TPSA) is 82.1 Å². The molecule has 0 bridgehead atoms. The summed E-state index contributed by atoms with van der Waals surface area (Å²) in [6.07, 6.45) is 2.81. The molecule has 6 heteroatoms. The van der Waals surface area contributed by atoms with Gasteiger partial charge in [0.2, 0.25) is 11.6 Å². The Morgan fingerprint density at radius 1 is 1.14 bits per heavy atom. The fourth-order valence-corrected chi connectivity index (χ4v) is 3.88. The summed E-state index contributed by atoms with van der Waals surface area (Å²) in [5, 5.41) is 17.0. The molecule has 5 nitrogen and oxygen atoms in total. The average Bonchev–Trinajstić information content (AvgIpc) is 3.16. The molecule has 0 saturated heterocycles. The highest BCUT2D eigenvalue weighted by molar-refractivity contribution is 6.30. The molecule has 4 rings (SSSR count). The second-order valence-corrected chi connectivity index (χ2v) is 7.43. The number of amides is 1. The highest BCUT2D eigenvalue weighted by Crippen LogP contribution is 2.33. The molecule has 0 unspecified atom stereocenters. The van der Waals surface area contributed by atoms with Crippen LogP contribution in [-0.4, -0.2) is 5.91 Å². The van der Waals surface area contributed by atoms with Crippen LogP contribution in [0.3, 0.4) is 0 Å². The van der Waals surface area contributed by atoms with Crippen LogP contribution in [0.15, 0.2) is 54.6 Å². The third-order valence-corrected chi connectivity index (χ3v) is 5.23. The van der Waals surface area contributed by atoms with E-state index in [9.17, 15) is 10.0 Å². The number of carbonyl (C=O) groups is 1. The van der Waals surface area contributed by atoms with Gasteiger partial charge in [0.25, 0.3) is 0 Å². The Hall–Kier alpha value is -3.05. The maximum absolute atomic E-state index is 12.9. The molecule has 1 aromatic heterocycles. The molecule has 1 aliphatic rings. The number of benzene rings is 2. The van der Waals surface area contributed by atoms with E-state index < -0.39 is 0 Å². The van der Waals surface area contributed by atoms with Gasteiger partial charge in [-0.15, -0.1) is 0 Å². The summed E-state index contributed by atoms with van der Waals surface area (Å²) in [5.74, 6) is -0.354. The van der Waals surface area contributed by atoms with Crippen LogP contribution < -0.4 is 15.8 Å². The van der Waals surface area contributed by atoms with Crippen LogP contribution >= 0.6 is 11.6 Å². The van der Waals surface area contributed by atoms with Gasteiger partial charge in [-0.05, 0) is 48.7 Å². The van der Waals surface area contributed by atoms with Crippen molar-refractivity contribution in [3.8, 4) is 11.3 Å². The average molecular weight is 394 g/mol. The highest BCUT2D eigenvalue weighted by atomic mass is 35.5. The molecule has 2 aromatic carbocycles. The van der Waals surface area contributed by atoms with Crippen molar-refractivity contribution in [2.45, 2.75) is 25.7 Å². The third-order valence-electron chi connectivity index (χ3n) is 4.99. The smallest absolute Gasteiger partial charge is 0.226 e. The van der Waals surface area contributed by atoms with Crippen molar-refractivity contribution in [3.05, 3.63) is 81.6 Å². The van der Waals surface area contributed by atoms with Crippen LogP contribution in [-0.2, 0) is 24.1 Å². The number of carbonyl (C=O) groups excluding carboxylic acids is 1. The highest BCUT2D eigenvalue weighted by Gasteiger charge is 2.27. The number of aromatic nitrogens is 1. The Morgan fingerprint density at radius 3 is 2.64 bits per heavy atom. The van der Waals surface area contributed by atoms with E-state index in [4.69, 9.17) is 17.3 Å². The van der Waals surface area contributed by atoms with E-state index in [2.05, 4.69) is 5.32 Å². The number of rotatable bonds is 5. The lowest BCUT2D eigenvalue weighted by Gasteiger charge is -2.15. The maximum Gasteiger partial charge on any atom is 0.226 e. The lowest BCUT2D eigenvalue weighted by Crippen LogP contribution is -2.35. The van der Waals surface area contributed by atoms with Gasteiger partial charge < -0.3 is 16.3 Å². The van der Waals surface area contributed by atoms with E-state index in [1.54, 1.807) is 12.1 Å². The minimum atomic E-state index is -0.354. The van der Waals surface area contributed by atoms with Gasteiger partial charge in [-0.3, -0.25) is 4.79 Å². The van der Waals surface area contributed by atoms with Crippen LogP contribution in [0.1, 0.15) is 23.2 Å². The van der Waals surface area contributed by atoms with Crippen molar-refractivity contribution >= 4 is 28.9 Å². The molecular weight excluding hydrogens is 374 g/mol. The Labute approximate surface area is 168 Å². The zero-order valence-corrected chi connectivity index (χ0v) is 16.0. The normalized spacial score (nSPS) is 12.6. The van der Waals surface area contributed by atoms with Crippen molar-refractivity contribution in [2.75, 3.05) is 5.32 Å². The van der Waals surface area contributed by atoms with Gasteiger partial charge in [0.1, 0.15) is 0 Å². The van der Waals surface area contributed by atoms with Crippen molar-refractivity contribution in [1.82, 2.24) is 0 Å². The van der Waals surface area contributed by atoms with Gasteiger partial charge in [0.05, 0.1) is 12.1 Å². The van der Waals surface area contributed by atoms with Crippen LogP contribution in [0.4, 0.5) is 11.4 Å². The molecule has 1 heterocycles. The van der Waals surface area contributed by atoms with Crippen molar-refractivity contribution in [1.29, 1.82) is 0 Å². The Bertz CT molecular complexity index is 1050. The van der Waals surface area contributed by atoms with Gasteiger partial charge in [-0.1, -0.05) is 29.8 Å². The number of nitrogens with one attached hydrogen (secondary N) is 1. The van der Waals surface area contributed by atoms with Gasteiger partial charge in [0.15, 0.2) is 5.69 Å². The molecule has 0 saturated carbocycles. The third kappa shape index (κ3) is 3.66. The van der Waals surface area contributed by atoms with E-state index in [0.29, 0.717) is 10.7 Å². The first-order valence-electron chi connectivity index (χ1n) is 9.20. The molecule has 3 N–H and O–H groups in total. The number of hydrogen-bond acceptors (Lipinski definition) is 3. The number of nitrogens with zero attached hydrogens (tertiary/aromatic N) is 1. The fourth-order valence-electron chi connectivity index (χ4n) is 3.69. The number of halogens is 1. The first-order valence-corrected chi connectivity index (χ1v) is 9.57. The molecule has 0 radical (unpaired) electrons. The number of fused-ring (bicyclic) bond motifs is 1. The predicted molar refractivity (Wildman–Crippen MR) is 110 cm³/mol. The summed E-state index contributed by atoms with van der Waals surface area (Å²) >= 11 is 6.12. The molecule has 3 aromatic rings. The molecule has 0 aliphatic heterocycles. The molecule has 1 amide bonds. The van der Waals surface area contributed by atoms with E-state index in [0.717, 1.165) is 57.8 Å². The summed E-state index contributed by atoms with van der Waals surface area (Å²) in [4.78, 5) is 11.1. The minimum Gasteiger partial charge on any atom is -0.618 e. The van der Waals surface area contributed by atoms with Gasteiger partial charge in [-0.2, -0.15) is 4.73 Å². The molecule has 142 valence electrons. The maximum atomic E-state index is 12.9. The first-order chi connectivity index (χ1) is 13.5. The van der Waals surface area contributed by atoms with E-state index in [1.807, 2.05) is 42.5 Å². The van der Waals surface area contributed by atoms with E-state index >= 15 is 0 Å². The summed E-state index contributed by atoms with van der Waals surface area (Å²) in [6.45, 7) is 0. The zero-order chi connectivity index (χ0) is 19.7. The second-order valence-electron chi connectivity index (χ2n) is 6.99. The quantitative estimate of drug-likeness (QED) is 0.509.